The number of hydrogen-bond donors (Lipinski definition) is 2. The van der Waals surface area contributed by atoms with Crippen molar-refractivity contribution in [3.05, 3.63) is 184 Å². The standard InChI is InChI=1S/C69H78N2O2S2/c1-10-13-16-46-19-23-51(24-20-46)57-44-59(70-43-14-11-2)62-64(67(57)75-56-39-33-53(34-40-56)69(7,8)9)66(73)61-58(71-54-35-31-52(32-36-54)68(4,5)6)41-42-60(63(61)65(62)72)74-55-37-29-50(30-38-55)49-27-25-48(26-28-49)47-21-17-45(15-12-3)18-22-47/h19-20,23-42,44-45,47,70-71H,10-18,21-22,43H2,1-9H3. The van der Waals surface area contributed by atoms with Crippen LogP contribution < -0.4 is 10.6 Å². The van der Waals surface area contributed by atoms with Gasteiger partial charge in [-0.05, 0) is 167 Å². The van der Waals surface area contributed by atoms with Gasteiger partial charge in [0.15, 0.2) is 11.6 Å². The van der Waals surface area contributed by atoms with Crippen molar-refractivity contribution < 1.29 is 9.59 Å². The molecule has 6 heteroatoms. The predicted octanol–water partition coefficient (Wildman–Crippen LogP) is 20.1. The summed E-state index contributed by atoms with van der Waals surface area (Å²) >= 11 is 3.13. The minimum Gasteiger partial charge on any atom is -0.384 e. The Balaban J connectivity index is 1.14. The fraction of sp³-hybridized carbons (Fsp3) is 0.362. The number of carbonyl (C=O) groups is 2. The number of anilines is 3. The first kappa shape index (κ1) is 54.0. The van der Waals surface area contributed by atoms with Crippen molar-refractivity contribution in [2.24, 2.45) is 5.92 Å². The van der Waals surface area contributed by atoms with Gasteiger partial charge in [0.05, 0.1) is 22.4 Å². The highest BCUT2D eigenvalue weighted by Crippen LogP contribution is 2.50. The van der Waals surface area contributed by atoms with Crippen LogP contribution in [-0.4, -0.2) is 18.1 Å². The first-order valence-corrected chi connectivity index (χ1v) is 29.6. The average molecular weight is 1030 g/mol. The Labute approximate surface area is 457 Å². The van der Waals surface area contributed by atoms with E-state index < -0.39 is 0 Å². The summed E-state index contributed by atoms with van der Waals surface area (Å²) in [4.78, 5) is 35.8. The molecule has 75 heavy (non-hydrogen) atoms. The molecule has 0 aromatic heterocycles. The van der Waals surface area contributed by atoms with Crippen molar-refractivity contribution in [1.29, 1.82) is 0 Å². The van der Waals surface area contributed by atoms with E-state index in [-0.39, 0.29) is 22.4 Å². The molecule has 0 spiro atoms. The number of aryl methyl sites for hydroxylation is 1. The number of carbonyl (C=O) groups excluding carboxylic acids is 2. The van der Waals surface area contributed by atoms with Crippen LogP contribution in [-0.2, 0) is 17.3 Å². The molecule has 0 unspecified atom stereocenters. The molecular weight excluding hydrogens is 953 g/mol. The lowest BCUT2D eigenvalue weighted by molar-refractivity contribution is 0.0976. The fourth-order valence-corrected chi connectivity index (χ4v) is 13.1. The van der Waals surface area contributed by atoms with E-state index in [0.717, 1.165) is 80.0 Å². The van der Waals surface area contributed by atoms with Crippen molar-refractivity contribution in [3.8, 4) is 22.3 Å². The maximum absolute atomic E-state index is 16.2. The summed E-state index contributed by atoms with van der Waals surface area (Å²) in [5.41, 5.74) is 13.4. The summed E-state index contributed by atoms with van der Waals surface area (Å²) < 4.78 is 0. The van der Waals surface area contributed by atoms with E-state index >= 15 is 9.59 Å². The molecule has 9 rings (SSSR count). The van der Waals surface area contributed by atoms with Gasteiger partial charge in [-0.3, -0.25) is 9.59 Å². The number of hydrogen-bond acceptors (Lipinski definition) is 6. The van der Waals surface area contributed by atoms with Gasteiger partial charge in [-0.1, -0.05) is 196 Å². The molecule has 388 valence electrons. The Kier molecular flexibility index (Phi) is 17.0. The molecule has 2 aliphatic carbocycles. The fourth-order valence-electron chi connectivity index (χ4n) is 11.0. The molecule has 7 aromatic carbocycles. The molecule has 0 aliphatic heterocycles. The summed E-state index contributed by atoms with van der Waals surface area (Å²) in [5.74, 6) is 1.25. The van der Waals surface area contributed by atoms with Crippen LogP contribution in [0, 0.1) is 5.92 Å². The number of rotatable bonds is 18. The Bertz CT molecular complexity index is 3100. The Morgan fingerprint density at radius 3 is 1.67 bits per heavy atom. The molecule has 1 saturated carbocycles. The maximum atomic E-state index is 16.2. The van der Waals surface area contributed by atoms with E-state index in [0.29, 0.717) is 46.1 Å². The zero-order chi connectivity index (χ0) is 52.9. The largest absolute Gasteiger partial charge is 0.384 e. The molecule has 0 bridgehead atoms. The number of nitrogens with one attached hydrogen (secondary N) is 2. The minimum atomic E-state index is -0.155. The van der Waals surface area contributed by atoms with Crippen LogP contribution in [0.1, 0.15) is 187 Å². The van der Waals surface area contributed by atoms with Crippen molar-refractivity contribution in [2.75, 3.05) is 17.2 Å². The second-order valence-corrected chi connectivity index (χ2v) is 25.4. The second-order valence-electron chi connectivity index (χ2n) is 23.2. The Morgan fingerprint density at radius 2 is 1.07 bits per heavy atom. The van der Waals surface area contributed by atoms with Crippen LogP contribution in [0.3, 0.4) is 0 Å². The van der Waals surface area contributed by atoms with Gasteiger partial charge < -0.3 is 10.6 Å². The average Bonchev–Trinajstić information content (AvgIpc) is 3.42. The topological polar surface area (TPSA) is 58.2 Å². The zero-order valence-electron chi connectivity index (χ0n) is 46.1. The SMILES string of the molecule is CCCCNc1cc(-c2ccc(CCCC)cc2)c(Sc2ccc(C(C)(C)C)cc2)c2c1C(=O)c1c(Sc3ccc(-c4ccc(C5CCC(CCC)CC5)cc4)cc3)ccc(Nc3ccc(C(C)(C)C)cc3)c1C2=O. The molecule has 2 N–H and O–H groups in total. The quantitative estimate of drug-likeness (QED) is 0.0835. The molecule has 0 radical (unpaired) electrons. The van der Waals surface area contributed by atoms with E-state index in [1.807, 2.05) is 12.1 Å². The highest BCUT2D eigenvalue weighted by atomic mass is 32.2. The van der Waals surface area contributed by atoms with Crippen LogP contribution >= 0.6 is 23.5 Å². The summed E-state index contributed by atoms with van der Waals surface area (Å²) in [6.45, 7) is 20.7. The maximum Gasteiger partial charge on any atom is 0.197 e. The van der Waals surface area contributed by atoms with Gasteiger partial charge in [-0.25, -0.2) is 0 Å². The van der Waals surface area contributed by atoms with Gasteiger partial charge in [0.2, 0.25) is 0 Å². The molecule has 0 amide bonds. The minimum absolute atomic E-state index is 0.0159. The Hall–Kier alpha value is -5.82. The third kappa shape index (κ3) is 12.4. The lowest BCUT2D eigenvalue weighted by Gasteiger charge is -2.28. The first-order valence-electron chi connectivity index (χ1n) is 28.0. The Morgan fingerprint density at radius 1 is 0.520 bits per heavy atom. The molecule has 0 saturated heterocycles. The normalized spacial score (nSPS) is 15.6. The van der Waals surface area contributed by atoms with E-state index in [1.165, 1.54) is 66.3 Å². The van der Waals surface area contributed by atoms with E-state index in [1.54, 1.807) is 23.5 Å². The highest BCUT2D eigenvalue weighted by molar-refractivity contribution is 7.99. The van der Waals surface area contributed by atoms with Crippen molar-refractivity contribution in [1.82, 2.24) is 0 Å². The number of unbranched alkanes of at least 4 members (excludes halogenated alkanes) is 2. The summed E-state index contributed by atoms with van der Waals surface area (Å²) in [5, 5.41) is 7.36. The lowest BCUT2D eigenvalue weighted by Crippen LogP contribution is -2.26. The van der Waals surface area contributed by atoms with Gasteiger partial charge in [-0.2, -0.15) is 0 Å². The van der Waals surface area contributed by atoms with Crippen LogP contribution in [0.15, 0.2) is 159 Å². The summed E-state index contributed by atoms with van der Waals surface area (Å²) in [6, 6.07) is 50.1. The van der Waals surface area contributed by atoms with Crippen LogP contribution in [0.5, 0.6) is 0 Å². The highest BCUT2D eigenvalue weighted by Gasteiger charge is 2.39. The number of ketones is 2. The van der Waals surface area contributed by atoms with Gasteiger partial charge in [0, 0.05) is 43.1 Å². The second kappa shape index (κ2) is 23.6. The van der Waals surface area contributed by atoms with Crippen LogP contribution in [0.4, 0.5) is 17.1 Å². The molecule has 2 aliphatic rings. The van der Waals surface area contributed by atoms with Crippen molar-refractivity contribution in [3.63, 3.8) is 0 Å². The summed E-state index contributed by atoms with van der Waals surface area (Å²) in [6.07, 6.45) is 13.1. The predicted molar refractivity (Wildman–Crippen MR) is 320 cm³/mol. The lowest BCUT2D eigenvalue weighted by atomic mass is 9.77. The van der Waals surface area contributed by atoms with Crippen molar-refractivity contribution >= 4 is 52.2 Å². The monoisotopic (exact) mass is 1030 g/mol. The van der Waals surface area contributed by atoms with E-state index in [9.17, 15) is 0 Å². The van der Waals surface area contributed by atoms with E-state index in [2.05, 4.69) is 200 Å². The van der Waals surface area contributed by atoms with Crippen LogP contribution in [0.2, 0.25) is 0 Å². The van der Waals surface area contributed by atoms with Crippen LogP contribution in [0.25, 0.3) is 22.3 Å². The molecule has 7 aromatic rings. The summed E-state index contributed by atoms with van der Waals surface area (Å²) in [7, 11) is 0. The first-order chi connectivity index (χ1) is 36.1. The van der Waals surface area contributed by atoms with Crippen molar-refractivity contribution in [2.45, 2.75) is 169 Å². The smallest absolute Gasteiger partial charge is 0.197 e. The van der Waals surface area contributed by atoms with Gasteiger partial charge in [0.25, 0.3) is 0 Å². The van der Waals surface area contributed by atoms with Gasteiger partial charge in [-0.15, -0.1) is 0 Å². The van der Waals surface area contributed by atoms with Gasteiger partial charge in [0.1, 0.15) is 0 Å². The molecular formula is C69H78N2O2S2. The zero-order valence-corrected chi connectivity index (χ0v) is 47.7. The number of benzene rings is 7. The third-order valence-corrected chi connectivity index (χ3v) is 17.8. The van der Waals surface area contributed by atoms with Gasteiger partial charge >= 0.3 is 0 Å². The molecule has 4 nitrogen and oxygen atoms in total. The number of fused-ring (bicyclic) bond motifs is 2. The molecule has 0 heterocycles. The van der Waals surface area contributed by atoms with E-state index in [4.69, 9.17) is 0 Å². The molecule has 1 fully saturated rings. The molecule has 0 atom stereocenters. The third-order valence-electron chi connectivity index (χ3n) is 15.6.